The molecule has 0 saturated carbocycles. The van der Waals surface area contributed by atoms with E-state index in [1.165, 1.54) is 0 Å². The maximum absolute atomic E-state index is 13.7. The molecule has 0 aromatic heterocycles. The Labute approximate surface area is 188 Å². The van der Waals surface area contributed by atoms with Crippen LogP contribution in [0.25, 0.3) is 0 Å². The van der Waals surface area contributed by atoms with E-state index in [1.54, 1.807) is 0 Å². The van der Waals surface area contributed by atoms with Gasteiger partial charge >= 0.3 is 5.97 Å². The second-order valence-electron chi connectivity index (χ2n) is 8.38. The number of carboxylic acid groups (broad SMARTS) is 1. The topological polar surface area (TPSA) is 66.4 Å². The number of carboxylic acids is 1. The van der Waals surface area contributed by atoms with Gasteiger partial charge in [-0.15, -0.1) is 0 Å². The van der Waals surface area contributed by atoms with Crippen LogP contribution in [-0.2, 0) is 9.59 Å². The summed E-state index contributed by atoms with van der Waals surface area (Å²) in [6, 6.07) is 25.0. The van der Waals surface area contributed by atoms with Gasteiger partial charge in [0.05, 0.1) is 11.8 Å². The Hall–Kier alpha value is -3.66. The van der Waals surface area contributed by atoms with Gasteiger partial charge in [-0.3, -0.25) is 9.59 Å². The van der Waals surface area contributed by atoms with Crippen molar-refractivity contribution in [2.45, 2.75) is 25.7 Å². The van der Waals surface area contributed by atoms with Gasteiger partial charge < -0.3 is 10.4 Å². The molecule has 0 aliphatic heterocycles. The average molecular weight is 426 g/mol. The Morgan fingerprint density at radius 2 is 1.25 bits per heavy atom. The summed E-state index contributed by atoms with van der Waals surface area (Å²) in [6.45, 7) is 3.95. The smallest absolute Gasteiger partial charge is 0.308 e. The predicted octanol–water partition coefficient (Wildman–Crippen LogP) is 5.70. The van der Waals surface area contributed by atoms with Gasteiger partial charge in [-0.1, -0.05) is 84.9 Å². The molecule has 32 heavy (non-hydrogen) atoms. The van der Waals surface area contributed by atoms with Crippen molar-refractivity contribution in [3.63, 3.8) is 0 Å². The maximum Gasteiger partial charge on any atom is 0.308 e. The van der Waals surface area contributed by atoms with Crippen LogP contribution in [0.1, 0.15) is 34.1 Å². The highest BCUT2D eigenvalue weighted by atomic mass is 16.4. The highest BCUT2D eigenvalue weighted by molar-refractivity contribution is 5.97. The molecule has 0 heterocycles. The molecule has 0 fully saturated rings. The van der Waals surface area contributed by atoms with Crippen molar-refractivity contribution in [3.05, 3.63) is 113 Å². The van der Waals surface area contributed by atoms with Crippen molar-refractivity contribution in [2.24, 2.45) is 11.8 Å². The molecule has 4 rings (SSSR count). The van der Waals surface area contributed by atoms with Crippen LogP contribution in [0.5, 0.6) is 0 Å². The quantitative estimate of drug-likeness (QED) is 0.516. The lowest BCUT2D eigenvalue weighted by atomic mass is 9.66. The van der Waals surface area contributed by atoms with Crippen molar-refractivity contribution in [2.75, 3.05) is 5.32 Å². The van der Waals surface area contributed by atoms with Crippen molar-refractivity contribution in [1.82, 2.24) is 0 Å². The normalized spacial score (nSPS) is 22.3. The minimum Gasteiger partial charge on any atom is -0.481 e. The molecule has 2 N–H and O–H groups in total. The molecule has 0 spiro atoms. The number of rotatable bonds is 5. The number of nitrogens with one attached hydrogen (secondary N) is 1. The Bertz CT molecular complexity index is 1140. The summed E-state index contributed by atoms with van der Waals surface area (Å²) in [5.74, 6) is -3.61. The van der Waals surface area contributed by atoms with Gasteiger partial charge in [-0.25, -0.2) is 0 Å². The van der Waals surface area contributed by atoms with Crippen molar-refractivity contribution in [1.29, 1.82) is 0 Å². The molecule has 0 saturated heterocycles. The van der Waals surface area contributed by atoms with Crippen LogP contribution in [0, 0.1) is 25.7 Å². The zero-order valence-corrected chi connectivity index (χ0v) is 18.2. The minimum absolute atomic E-state index is 0.273. The Kier molecular flexibility index (Phi) is 6.22. The van der Waals surface area contributed by atoms with Crippen LogP contribution in [-0.4, -0.2) is 17.0 Å². The minimum atomic E-state index is -0.967. The Balaban J connectivity index is 1.79. The molecule has 0 bridgehead atoms. The standard InChI is InChI=1S/C28H27NO3/c1-18-10-9-15-24(19(18)2)29-27(30)25-22(20-11-5-3-6-12-20)16-17-23(26(25)28(31)32)21-13-7-4-8-14-21/h3-17,22-23,25-26H,1-2H3,(H,29,30)(H,31,32)/t22-,23-,25+,26+/m1/s1. The molecule has 162 valence electrons. The lowest BCUT2D eigenvalue weighted by Gasteiger charge is -2.37. The lowest BCUT2D eigenvalue weighted by Crippen LogP contribution is -2.42. The van der Waals surface area contributed by atoms with Crippen molar-refractivity contribution in [3.8, 4) is 0 Å². The Morgan fingerprint density at radius 3 is 1.78 bits per heavy atom. The molecule has 3 aromatic rings. The number of carbonyl (C=O) groups excluding carboxylic acids is 1. The second kappa shape index (κ2) is 9.23. The van der Waals surface area contributed by atoms with E-state index in [9.17, 15) is 14.7 Å². The molecule has 4 atom stereocenters. The first-order chi connectivity index (χ1) is 15.5. The summed E-state index contributed by atoms with van der Waals surface area (Å²) in [7, 11) is 0. The SMILES string of the molecule is Cc1cccc(NC(=O)[C@@H]2[C@@H](C(=O)O)[C@@H](c3ccccc3)C=C[C@@H]2c2ccccc2)c1C. The van der Waals surface area contributed by atoms with E-state index in [0.29, 0.717) is 0 Å². The number of amides is 1. The molecule has 4 nitrogen and oxygen atoms in total. The van der Waals surface area contributed by atoms with E-state index in [2.05, 4.69) is 5.32 Å². The number of anilines is 1. The molecular formula is C28H27NO3. The molecule has 1 aliphatic carbocycles. The molecule has 3 aromatic carbocycles. The van der Waals surface area contributed by atoms with Crippen molar-refractivity contribution < 1.29 is 14.7 Å². The molecule has 0 radical (unpaired) electrons. The summed E-state index contributed by atoms with van der Waals surface area (Å²) in [6.07, 6.45) is 3.95. The summed E-state index contributed by atoms with van der Waals surface area (Å²) in [5, 5.41) is 13.3. The van der Waals surface area contributed by atoms with E-state index in [4.69, 9.17) is 0 Å². The van der Waals surface area contributed by atoms with E-state index in [-0.39, 0.29) is 17.7 Å². The number of allylic oxidation sites excluding steroid dienone is 2. The average Bonchev–Trinajstić information content (AvgIpc) is 2.82. The molecule has 1 amide bonds. The molecule has 4 heteroatoms. The number of hydrogen-bond acceptors (Lipinski definition) is 2. The second-order valence-corrected chi connectivity index (χ2v) is 8.38. The van der Waals surface area contributed by atoms with E-state index in [0.717, 1.165) is 27.9 Å². The van der Waals surface area contributed by atoms with E-state index in [1.807, 2.05) is 105 Å². The largest absolute Gasteiger partial charge is 0.481 e. The van der Waals surface area contributed by atoms with Gasteiger partial charge in [-0.2, -0.15) is 0 Å². The van der Waals surface area contributed by atoms with Crippen LogP contribution in [0.3, 0.4) is 0 Å². The lowest BCUT2D eigenvalue weighted by molar-refractivity contribution is -0.147. The molecular weight excluding hydrogens is 398 g/mol. The van der Waals surface area contributed by atoms with Crippen molar-refractivity contribution >= 4 is 17.6 Å². The summed E-state index contributed by atoms with van der Waals surface area (Å²) in [4.78, 5) is 26.3. The summed E-state index contributed by atoms with van der Waals surface area (Å²) in [5.41, 5.74) is 4.60. The fraction of sp³-hybridized carbons (Fsp3) is 0.214. The number of hydrogen-bond donors (Lipinski definition) is 2. The summed E-state index contributed by atoms with van der Waals surface area (Å²) < 4.78 is 0. The number of benzene rings is 3. The highest BCUT2D eigenvalue weighted by Crippen LogP contribution is 2.45. The van der Waals surface area contributed by atoms with Gasteiger partial charge in [0, 0.05) is 17.5 Å². The first-order valence-corrected chi connectivity index (χ1v) is 10.9. The maximum atomic E-state index is 13.7. The third kappa shape index (κ3) is 4.22. The van der Waals surface area contributed by atoms with Crippen LogP contribution in [0.4, 0.5) is 5.69 Å². The number of aliphatic carboxylic acids is 1. The molecule has 1 aliphatic rings. The van der Waals surface area contributed by atoms with E-state index < -0.39 is 17.8 Å². The number of carbonyl (C=O) groups is 2. The van der Waals surface area contributed by atoms with Crippen LogP contribution >= 0.6 is 0 Å². The zero-order chi connectivity index (χ0) is 22.7. The van der Waals surface area contributed by atoms with Gasteiger partial charge in [0.25, 0.3) is 0 Å². The molecule has 0 unspecified atom stereocenters. The van der Waals surface area contributed by atoms with Gasteiger partial charge in [0.15, 0.2) is 0 Å². The summed E-state index contributed by atoms with van der Waals surface area (Å²) >= 11 is 0. The predicted molar refractivity (Wildman–Crippen MR) is 127 cm³/mol. The third-order valence-electron chi connectivity index (χ3n) is 6.51. The van der Waals surface area contributed by atoms with Gasteiger partial charge in [0.2, 0.25) is 5.91 Å². The van der Waals surface area contributed by atoms with Crippen LogP contribution in [0.15, 0.2) is 91.0 Å². The first-order valence-electron chi connectivity index (χ1n) is 10.9. The van der Waals surface area contributed by atoms with Gasteiger partial charge in [0.1, 0.15) is 0 Å². The van der Waals surface area contributed by atoms with Crippen LogP contribution < -0.4 is 5.32 Å². The first kappa shape index (κ1) is 21.6. The highest BCUT2D eigenvalue weighted by Gasteiger charge is 2.46. The number of aryl methyl sites for hydroxylation is 1. The van der Waals surface area contributed by atoms with Gasteiger partial charge in [-0.05, 0) is 42.2 Å². The Morgan fingerprint density at radius 1 is 0.719 bits per heavy atom. The van der Waals surface area contributed by atoms with E-state index >= 15 is 0 Å². The zero-order valence-electron chi connectivity index (χ0n) is 18.2. The fourth-order valence-corrected chi connectivity index (χ4v) is 4.65. The fourth-order valence-electron chi connectivity index (χ4n) is 4.65. The third-order valence-corrected chi connectivity index (χ3v) is 6.51. The monoisotopic (exact) mass is 425 g/mol. The van der Waals surface area contributed by atoms with Crippen LogP contribution in [0.2, 0.25) is 0 Å².